The summed E-state index contributed by atoms with van der Waals surface area (Å²) < 4.78 is 0. The summed E-state index contributed by atoms with van der Waals surface area (Å²) in [5, 5.41) is 0.815. The van der Waals surface area contributed by atoms with Crippen LogP contribution in [0.5, 0.6) is 0 Å². The van der Waals surface area contributed by atoms with Gasteiger partial charge >= 0.3 is 0 Å². The highest BCUT2D eigenvalue weighted by atomic mass is 32.1. The smallest absolute Gasteiger partial charge is 0.259 e. The predicted octanol–water partition coefficient (Wildman–Crippen LogP) is 2.42. The molecular weight excluding hydrogens is 284 g/mol. The number of aryl methyl sites for hydroxylation is 1. The van der Waals surface area contributed by atoms with Gasteiger partial charge in [-0.05, 0) is 30.7 Å². The zero-order chi connectivity index (χ0) is 14.4. The van der Waals surface area contributed by atoms with Gasteiger partial charge in [0.15, 0.2) is 0 Å². The van der Waals surface area contributed by atoms with Gasteiger partial charge in [0.25, 0.3) is 5.56 Å². The zero-order valence-corrected chi connectivity index (χ0v) is 12.6. The molecule has 3 aromatic heterocycles. The lowest BCUT2D eigenvalue weighted by Crippen LogP contribution is -2.14. The van der Waals surface area contributed by atoms with Gasteiger partial charge in [0.1, 0.15) is 10.7 Å². The molecule has 2 N–H and O–H groups in total. The summed E-state index contributed by atoms with van der Waals surface area (Å²) >= 11 is 1.69. The maximum atomic E-state index is 12.4. The lowest BCUT2D eigenvalue weighted by atomic mass is 9.89. The molecule has 3 aromatic rings. The molecule has 0 saturated heterocycles. The standard InChI is InChI=1S/C15H16N4OS/c1-8-2-3-10-11(4-8)21-15-13(10)14(20)18-12(19-15)5-9-6-16-7-17-9/h6-8H,2-5H2,1H3,(H,16,17)(H,18,19,20)/t8-/m1/s1. The second kappa shape index (κ2) is 4.80. The lowest BCUT2D eigenvalue weighted by molar-refractivity contribution is 0.509. The van der Waals surface area contributed by atoms with E-state index in [1.165, 1.54) is 10.4 Å². The Labute approximate surface area is 125 Å². The van der Waals surface area contributed by atoms with E-state index in [-0.39, 0.29) is 5.56 Å². The Balaban J connectivity index is 1.82. The van der Waals surface area contributed by atoms with Crippen LogP contribution in [0.3, 0.4) is 0 Å². The Bertz CT molecular complexity index is 847. The van der Waals surface area contributed by atoms with E-state index in [4.69, 9.17) is 0 Å². The number of hydrogen-bond donors (Lipinski definition) is 2. The van der Waals surface area contributed by atoms with E-state index in [0.29, 0.717) is 18.2 Å². The van der Waals surface area contributed by atoms with Crippen LogP contribution < -0.4 is 5.56 Å². The minimum Gasteiger partial charge on any atom is -0.348 e. The van der Waals surface area contributed by atoms with E-state index in [1.54, 1.807) is 23.9 Å². The number of rotatable bonds is 2. The van der Waals surface area contributed by atoms with Gasteiger partial charge < -0.3 is 9.97 Å². The van der Waals surface area contributed by atoms with Crippen LogP contribution >= 0.6 is 11.3 Å². The van der Waals surface area contributed by atoms with Crippen LogP contribution in [-0.2, 0) is 19.3 Å². The molecule has 0 aromatic carbocycles. The van der Waals surface area contributed by atoms with E-state index in [1.807, 2.05) is 0 Å². The van der Waals surface area contributed by atoms with Crippen molar-refractivity contribution in [2.45, 2.75) is 32.6 Å². The Hall–Kier alpha value is -1.95. The van der Waals surface area contributed by atoms with Gasteiger partial charge in [-0.15, -0.1) is 11.3 Å². The van der Waals surface area contributed by atoms with Crippen LogP contribution in [-0.4, -0.2) is 19.9 Å². The van der Waals surface area contributed by atoms with Gasteiger partial charge in [0.2, 0.25) is 0 Å². The Morgan fingerprint density at radius 1 is 1.48 bits per heavy atom. The molecule has 21 heavy (non-hydrogen) atoms. The fraction of sp³-hybridized carbons (Fsp3) is 0.400. The van der Waals surface area contributed by atoms with Crippen molar-refractivity contribution >= 4 is 21.6 Å². The second-order valence-corrected chi connectivity index (χ2v) is 6.88. The third-order valence-corrected chi connectivity index (χ3v) is 5.28. The highest BCUT2D eigenvalue weighted by Crippen LogP contribution is 2.35. The van der Waals surface area contributed by atoms with Crippen LogP contribution in [0, 0.1) is 5.92 Å². The molecule has 5 nitrogen and oxygen atoms in total. The fourth-order valence-corrected chi connectivity index (χ4v) is 4.44. The number of thiophene rings is 1. The van der Waals surface area contributed by atoms with Crippen LogP contribution in [0.25, 0.3) is 10.2 Å². The fourth-order valence-electron chi connectivity index (χ4n) is 3.04. The van der Waals surface area contributed by atoms with Crippen LogP contribution in [0.4, 0.5) is 0 Å². The van der Waals surface area contributed by atoms with Gasteiger partial charge in [-0.2, -0.15) is 0 Å². The third-order valence-electron chi connectivity index (χ3n) is 4.13. The van der Waals surface area contributed by atoms with Crippen LogP contribution in [0.2, 0.25) is 0 Å². The first-order chi connectivity index (χ1) is 10.2. The normalized spacial score (nSPS) is 18.0. The number of aromatic amines is 2. The maximum Gasteiger partial charge on any atom is 0.259 e. The van der Waals surface area contributed by atoms with Crippen molar-refractivity contribution in [3.8, 4) is 0 Å². The minimum absolute atomic E-state index is 0.00145. The molecular formula is C15H16N4OS. The first-order valence-corrected chi connectivity index (χ1v) is 8.03. The van der Waals surface area contributed by atoms with Gasteiger partial charge in [-0.25, -0.2) is 9.97 Å². The largest absolute Gasteiger partial charge is 0.348 e. The average Bonchev–Trinajstić information content (AvgIpc) is 3.05. The molecule has 0 saturated carbocycles. The predicted molar refractivity (Wildman–Crippen MR) is 82.8 cm³/mol. The van der Waals surface area contributed by atoms with Gasteiger partial charge in [0, 0.05) is 23.2 Å². The number of H-pyrrole nitrogens is 2. The number of aromatic nitrogens is 4. The van der Waals surface area contributed by atoms with Crippen molar-refractivity contribution in [2.24, 2.45) is 5.92 Å². The lowest BCUT2D eigenvalue weighted by Gasteiger charge is -2.17. The molecule has 0 spiro atoms. The molecule has 0 aliphatic heterocycles. The summed E-state index contributed by atoms with van der Waals surface area (Å²) in [5.41, 5.74) is 2.18. The van der Waals surface area contributed by atoms with E-state index in [0.717, 1.165) is 35.2 Å². The van der Waals surface area contributed by atoms with E-state index < -0.39 is 0 Å². The second-order valence-electron chi connectivity index (χ2n) is 5.80. The zero-order valence-electron chi connectivity index (χ0n) is 11.8. The first kappa shape index (κ1) is 12.8. The molecule has 1 atom stereocenters. The summed E-state index contributed by atoms with van der Waals surface area (Å²) in [4.78, 5) is 29.3. The van der Waals surface area contributed by atoms with Crippen molar-refractivity contribution in [3.05, 3.63) is 44.8 Å². The molecule has 1 aliphatic carbocycles. The molecule has 0 bridgehead atoms. The van der Waals surface area contributed by atoms with Crippen molar-refractivity contribution in [2.75, 3.05) is 0 Å². The number of imidazole rings is 1. The molecule has 6 heteroatoms. The molecule has 4 rings (SSSR count). The maximum absolute atomic E-state index is 12.4. The average molecular weight is 300 g/mol. The topological polar surface area (TPSA) is 74.4 Å². The summed E-state index contributed by atoms with van der Waals surface area (Å²) in [6.45, 7) is 2.27. The van der Waals surface area contributed by atoms with E-state index in [2.05, 4.69) is 26.9 Å². The first-order valence-electron chi connectivity index (χ1n) is 7.21. The quantitative estimate of drug-likeness (QED) is 0.763. The SMILES string of the molecule is C[C@@H]1CCc2c(sc3nc(Cc4cnc[nH]4)[nH]c(=O)c23)C1. The van der Waals surface area contributed by atoms with Crippen molar-refractivity contribution < 1.29 is 0 Å². The summed E-state index contributed by atoms with van der Waals surface area (Å²) in [6, 6.07) is 0. The highest BCUT2D eigenvalue weighted by Gasteiger charge is 2.22. The Morgan fingerprint density at radius 2 is 2.38 bits per heavy atom. The molecule has 0 amide bonds. The van der Waals surface area contributed by atoms with Gasteiger partial charge in [0.05, 0.1) is 11.7 Å². The number of nitrogens with one attached hydrogen (secondary N) is 2. The van der Waals surface area contributed by atoms with Gasteiger partial charge in [-0.3, -0.25) is 4.79 Å². The van der Waals surface area contributed by atoms with Crippen LogP contribution in [0.15, 0.2) is 17.3 Å². The van der Waals surface area contributed by atoms with E-state index >= 15 is 0 Å². The summed E-state index contributed by atoms with van der Waals surface area (Å²) in [6.07, 6.45) is 7.20. The van der Waals surface area contributed by atoms with Crippen molar-refractivity contribution in [1.29, 1.82) is 0 Å². The third kappa shape index (κ3) is 2.19. The summed E-state index contributed by atoms with van der Waals surface area (Å²) in [7, 11) is 0. The molecule has 1 aliphatic rings. The summed E-state index contributed by atoms with van der Waals surface area (Å²) in [5.74, 6) is 1.40. The van der Waals surface area contributed by atoms with Gasteiger partial charge in [-0.1, -0.05) is 6.92 Å². The van der Waals surface area contributed by atoms with E-state index in [9.17, 15) is 4.79 Å². The van der Waals surface area contributed by atoms with Crippen molar-refractivity contribution in [1.82, 2.24) is 19.9 Å². The van der Waals surface area contributed by atoms with Crippen LogP contribution in [0.1, 0.15) is 35.3 Å². The molecule has 0 fully saturated rings. The Morgan fingerprint density at radius 3 is 3.19 bits per heavy atom. The molecule has 0 unspecified atom stereocenters. The number of fused-ring (bicyclic) bond motifs is 3. The monoisotopic (exact) mass is 300 g/mol. The van der Waals surface area contributed by atoms with Crippen molar-refractivity contribution in [3.63, 3.8) is 0 Å². The molecule has 0 radical (unpaired) electrons. The molecule has 108 valence electrons. The highest BCUT2D eigenvalue weighted by molar-refractivity contribution is 7.18. The molecule has 3 heterocycles. The minimum atomic E-state index is 0.00145. The number of hydrogen-bond acceptors (Lipinski definition) is 4. The Kier molecular flexibility index (Phi) is 2.92. The number of nitrogens with zero attached hydrogens (tertiary/aromatic N) is 2.